The summed E-state index contributed by atoms with van der Waals surface area (Å²) in [4.78, 5) is 24.3. The number of carbonyl (C=O) groups is 2. The highest BCUT2D eigenvalue weighted by molar-refractivity contribution is 5.81. The lowest BCUT2D eigenvalue weighted by molar-refractivity contribution is -0.151. The topological polar surface area (TPSA) is 64.6 Å². The maximum absolute atomic E-state index is 12.4. The molecule has 1 aromatic carbocycles. The molecule has 4 aliphatic rings. The first-order valence-corrected chi connectivity index (χ1v) is 10.6. The Balaban J connectivity index is 1.22. The third-order valence-corrected chi connectivity index (χ3v) is 7.19. The minimum atomic E-state index is -0.527. The van der Waals surface area contributed by atoms with Crippen LogP contribution in [0.2, 0.25) is 0 Å². The number of rotatable bonds is 7. The summed E-state index contributed by atoms with van der Waals surface area (Å²) >= 11 is 0. The normalized spacial score (nSPS) is 31.3. The van der Waals surface area contributed by atoms with E-state index in [-0.39, 0.29) is 30.6 Å². The Bertz CT molecular complexity index is 709. The van der Waals surface area contributed by atoms with Crippen molar-refractivity contribution in [2.24, 2.45) is 23.2 Å². The van der Waals surface area contributed by atoms with E-state index in [1.807, 2.05) is 31.2 Å². The van der Waals surface area contributed by atoms with Gasteiger partial charge >= 0.3 is 5.97 Å². The molecule has 152 valence electrons. The van der Waals surface area contributed by atoms with E-state index >= 15 is 0 Å². The first-order valence-electron chi connectivity index (χ1n) is 10.6. The first kappa shape index (κ1) is 19.3. The van der Waals surface area contributed by atoms with Crippen molar-refractivity contribution >= 4 is 11.9 Å². The molecule has 4 fully saturated rings. The Labute approximate surface area is 167 Å². The minimum absolute atomic E-state index is 0.135. The van der Waals surface area contributed by atoms with Crippen LogP contribution in [0.1, 0.15) is 51.0 Å². The van der Waals surface area contributed by atoms with Gasteiger partial charge in [0.25, 0.3) is 5.91 Å². The van der Waals surface area contributed by atoms with Crippen molar-refractivity contribution in [2.45, 2.75) is 58.4 Å². The molecule has 1 aromatic rings. The smallest absolute Gasteiger partial charge is 0.344 e. The lowest BCUT2D eigenvalue weighted by atomic mass is 9.48. The number of hydrogen-bond donors (Lipinski definition) is 1. The second kappa shape index (κ2) is 7.76. The van der Waals surface area contributed by atoms with Gasteiger partial charge in [-0.15, -0.1) is 0 Å². The molecule has 0 radical (unpaired) electrons. The highest BCUT2D eigenvalue weighted by Gasteiger charge is 2.53. The summed E-state index contributed by atoms with van der Waals surface area (Å²) in [6, 6.07) is 7.63. The number of nitrogens with one attached hydrogen (secondary N) is 1. The summed E-state index contributed by atoms with van der Waals surface area (Å²) in [6.45, 7) is 3.61. The molecule has 0 saturated heterocycles. The van der Waals surface area contributed by atoms with Gasteiger partial charge in [0.1, 0.15) is 5.75 Å². The molecule has 1 amide bonds. The standard InChI is InChI=1S/C23H31NO4/c1-15-5-3-4-6-20(15)27-14-22(26)28-13-21(25)24-16(2)23-10-17-7-18(11-23)9-19(8-17)12-23/h3-6,16-19H,7-14H2,1-2H3,(H,24,25)/t16-,17?,18?,19?,23?/m1/s1. The number of ether oxygens (including phenoxy) is 2. The van der Waals surface area contributed by atoms with Gasteiger partial charge in [-0.2, -0.15) is 0 Å². The number of para-hydroxylation sites is 1. The van der Waals surface area contributed by atoms with Crippen molar-refractivity contribution in [3.63, 3.8) is 0 Å². The first-order chi connectivity index (χ1) is 13.4. The minimum Gasteiger partial charge on any atom is -0.482 e. The van der Waals surface area contributed by atoms with Gasteiger partial charge in [0.2, 0.25) is 0 Å². The number of hydrogen-bond acceptors (Lipinski definition) is 4. The van der Waals surface area contributed by atoms with Gasteiger partial charge in [-0.3, -0.25) is 4.79 Å². The van der Waals surface area contributed by atoms with Gasteiger partial charge in [0, 0.05) is 6.04 Å². The highest BCUT2D eigenvalue weighted by Crippen LogP contribution is 2.61. The second-order valence-corrected chi connectivity index (χ2v) is 9.28. The van der Waals surface area contributed by atoms with E-state index in [1.165, 1.54) is 38.5 Å². The van der Waals surface area contributed by atoms with Gasteiger partial charge in [-0.05, 0) is 87.2 Å². The van der Waals surface area contributed by atoms with Crippen molar-refractivity contribution in [3.05, 3.63) is 29.8 Å². The Kier molecular flexibility index (Phi) is 5.35. The van der Waals surface area contributed by atoms with Crippen LogP contribution in [0.4, 0.5) is 0 Å². The zero-order chi connectivity index (χ0) is 19.7. The quantitative estimate of drug-likeness (QED) is 0.728. The molecule has 0 aromatic heterocycles. The van der Waals surface area contributed by atoms with Crippen LogP contribution in [-0.4, -0.2) is 31.1 Å². The SMILES string of the molecule is Cc1ccccc1OCC(=O)OCC(=O)N[C@H](C)C12CC3CC(CC(C3)C1)C2. The van der Waals surface area contributed by atoms with Gasteiger partial charge < -0.3 is 14.8 Å². The van der Waals surface area contributed by atoms with Crippen molar-refractivity contribution in [1.82, 2.24) is 5.32 Å². The monoisotopic (exact) mass is 385 g/mol. The molecule has 4 aliphatic carbocycles. The van der Waals surface area contributed by atoms with E-state index in [1.54, 1.807) is 0 Å². The fourth-order valence-electron chi connectivity index (χ4n) is 6.19. The summed E-state index contributed by atoms with van der Waals surface area (Å²) in [5.74, 6) is 2.46. The van der Waals surface area contributed by atoms with Gasteiger partial charge in [0.15, 0.2) is 13.2 Å². The molecule has 5 rings (SSSR count). The van der Waals surface area contributed by atoms with Crippen LogP contribution in [-0.2, 0) is 14.3 Å². The Hall–Kier alpha value is -2.04. The van der Waals surface area contributed by atoms with E-state index in [9.17, 15) is 9.59 Å². The van der Waals surface area contributed by atoms with Gasteiger partial charge in [-0.25, -0.2) is 4.79 Å². The summed E-state index contributed by atoms with van der Waals surface area (Å²) in [7, 11) is 0. The lowest BCUT2D eigenvalue weighted by Gasteiger charge is -2.59. The van der Waals surface area contributed by atoms with E-state index in [0.717, 1.165) is 23.3 Å². The maximum Gasteiger partial charge on any atom is 0.344 e. The third kappa shape index (κ3) is 4.03. The summed E-state index contributed by atoms with van der Waals surface area (Å²) in [5, 5.41) is 3.12. The van der Waals surface area contributed by atoms with Crippen molar-refractivity contribution in [3.8, 4) is 5.75 Å². The zero-order valence-electron chi connectivity index (χ0n) is 16.9. The third-order valence-electron chi connectivity index (χ3n) is 7.19. The number of esters is 1. The molecule has 5 nitrogen and oxygen atoms in total. The lowest BCUT2D eigenvalue weighted by Crippen LogP contribution is -2.56. The fourth-order valence-corrected chi connectivity index (χ4v) is 6.19. The van der Waals surface area contributed by atoms with Gasteiger partial charge in [-0.1, -0.05) is 18.2 Å². The molecule has 0 heterocycles. The van der Waals surface area contributed by atoms with Crippen LogP contribution in [0, 0.1) is 30.1 Å². The van der Waals surface area contributed by atoms with Crippen LogP contribution < -0.4 is 10.1 Å². The molecule has 28 heavy (non-hydrogen) atoms. The largest absolute Gasteiger partial charge is 0.482 e. The van der Waals surface area contributed by atoms with Crippen LogP contribution in [0.5, 0.6) is 5.75 Å². The Morgan fingerprint density at radius 3 is 2.29 bits per heavy atom. The number of benzene rings is 1. The Morgan fingerprint density at radius 2 is 1.68 bits per heavy atom. The average Bonchev–Trinajstić information content (AvgIpc) is 2.64. The van der Waals surface area contributed by atoms with Crippen molar-refractivity contribution < 1.29 is 19.1 Å². The Morgan fingerprint density at radius 1 is 1.07 bits per heavy atom. The molecule has 4 bridgehead atoms. The maximum atomic E-state index is 12.4. The molecule has 0 unspecified atom stereocenters. The van der Waals surface area contributed by atoms with Crippen LogP contribution in [0.15, 0.2) is 24.3 Å². The number of carbonyl (C=O) groups excluding carboxylic acids is 2. The fraction of sp³-hybridized carbons (Fsp3) is 0.652. The van der Waals surface area contributed by atoms with E-state index in [4.69, 9.17) is 9.47 Å². The van der Waals surface area contributed by atoms with E-state index in [2.05, 4.69) is 12.2 Å². The summed E-state index contributed by atoms with van der Waals surface area (Å²) < 4.78 is 10.6. The predicted octanol–water partition coefficient (Wildman–Crippen LogP) is 3.64. The molecule has 1 N–H and O–H groups in total. The van der Waals surface area contributed by atoms with Crippen molar-refractivity contribution in [2.75, 3.05) is 13.2 Å². The van der Waals surface area contributed by atoms with Crippen LogP contribution in [0.25, 0.3) is 0 Å². The highest BCUT2D eigenvalue weighted by atomic mass is 16.6. The summed E-state index contributed by atoms with van der Waals surface area (Å²) in [5.41, 5.74) is 1.21. The van der Waals surface area contributed by atoms with E-state index < -0.39 is 5.97 Å². The summed E-state index contributed by atoms with van der Waals surface area (Å²) in [6.07, 6.45) is 7.88. The van der Waals surface area contributed by atoms with Crippen molar-refractivity contribution in [1.29, 1.82) is 0 Å². The second-order valence-electron chi connectivity index (χ2n) is 9.28. The molecule has 1 atom stereocenters. The average molecular weight is 386 g/mol. The zero-order valence-corrected chi connectivity index (χ0v) is 16.9. The van der Waals surface area contributed by atoms with Gasteiger partial charge in [0.05, 0.1) is 0 Å². The van der Waals surface area contributed by atoms with E-state index in [0.29, 0.717) is 5.75 Å². The number of aryl methyl sites for hydroxylation is 1. The number of amides is 1. The molecule has 4 saturated carbocycles. The van der Waals surface area contributed by atoms with Crippen LogP contribution >= 0.6 is 0 Å². The predicted molar refractivity (Wildman–Crippen MR) is 106 cm³/mol. The molecule has 0 aliphatic heterocycles. The van der Waals surface area contributed by atoms with Crippen LogP contribution in [0.3, 0.4) is 0 Å². The molecule has 0 spiro atoms. The molecular formula is C23H31NO4. The molecular weight excluding hydrogens is 354 g/mol. The molecule has 5 heteroatoms.